The Bertz CT molecular complexity index is 530. The lowest BCUT2D eigenvalue weighted by Crippen LogP contribution is -2.26. The van der Waals surface area contributed by atoms with Crippen molar-refractivity contribution >= 4 is 41.0 Å². The molecule has 1 aromatic rings. The van der Waals surface area contributed by atoms with E-state index in [1.54, 1.807) is 6.92 Å². The van der Waals surface area contributed by atoms with Crippen molar-refractivity contribution in [2.75, 3.05) is 47.0 Å². The molecule has 0 spiro atoms. The number of esters is 1. The Morgan fingerprint density at radius 1 is 1.20 bits per heavy atom. The molecule has 1 aromatic carbocycles. The van der Waals surface area contributed by atoms with Crippen molar-refractivity contribution in [2.45, 2.75) is 20.4 Å². The quantitative estimate of drug-likeness (QED) is 0.295. The molecule has 1 N–H and O–H groups in total. The molecular formula is C17H28ClIN2O4. The van der Waals surface area contributed by atoms with E-state index in [1.165, 1.54) is 0 Å². The number of hydrogen-bond donors (Lipinski definition) is 1. The summed E-state index contributed by atoms with van der Waals surface area (Å²) in [5.41, 5.74) is 1.12. The van der Waals surface area contributed by atoms with Crippen LogP contribution in [0, 0.1) is 3.57 Å². The minimum absolute atomic E-state index is 0. The molecule has 0 aliphatic carbocycles. The summed E-state index contributed by atoms with van der Waals surface area (Å²) in [6, 6.07) is 3.99. The Kier molecular flexibility index (Phi) is 13.0. The van der Waals surface area contributed by atoms with Crippen molar-refractivity contribution in [2.24, 2.45) is 0 Å². The van der Waals surface area contributed by atoms with Gasteiger partial charge in [0.1, 0.15) is 0 Å². The van der Waals surface area contributed by atoms with Crippen LogP contribution in [0.3, 0.4) is 0 Å². The van der Waals surface area contributed by atoms with Gasteiger partial charge >= 0.3 is 5.97 Å². The van der Waals surface area contributed by atoms with E-state index >= 15 is 0 Å². The highest BCUT2D eigenvalue weighted by molar-refractivity contribution is 14.1. The maximum atomic E-state index is 11.5. The van der Waals surface area contributed by atoms with Crippen LogP contribution in [-0.4, -0.2) is 57.9 Å². The van der Waals surface area contributed by atoms with Gasteiger partial charge in [0, 0.05) is 19.6 Å². The van der Waals surface area contributed by atoms with Crippen molar-refractivity contribution in [3.63, 3.8) is 0 Å². The van der Waals surface area contributed by atoms with E-state index in [9.17, 15) is 4.79 Å². The Labute approximate surface area is 170 Å². The number of halogens is 2. The molecule has 0 atom stereocenters. The highest BCUT2D eigenvalue weighted by atomic mass is 127. The summed E-state index contributed by atoms with van der Waals surface area (Å²) in [5, 5.41) is 3.40. The van der Waals surface area contributed by atoms with E-state index < -0.39 is 0 Å². The van der Waals surface area contributed by atoms with Crippen LogP contribution in [0.2, 0.25) is 0 Å². The number of likely N-dealkylation sites (N-methyl/N-ethyl adjacent to an activating group) is 1. The maximum absolute atomic E-state index is 11.5. The number of rotatable bonds is 11. The van der Waals surface area contributed by atoms with Gasteiger partial charge in [0.25, 0.3) is 0 Å². The second kappa shape index (κ2) is 13.4. The zero-order valence-corrected chi connectivity index (χ0v) is 18.2. The van der Waals surface area contributed by atoms with E-state index in [2.05, 4.69) is 32.8 Å². The first kappa shape index (κ1) is 24.2. The van der Waals surface area contributed by atoms with Crippen LogP contribution in [0.25, 0.3) is 0 Å². The predicted octanol–water partition coefficient (Wildman–Crippen LogP) is 2.70. The molecule has 25 heavy (non-hydrogen) atoms. The van der Waals surface area contributed by atoms with Gasteiger partial charge in [0.05, 0.1) is 16.8 Å². The normalized spacial score (nSPS) is 10.3. The second-order valence-corrected chi connectivity index (χ2v) is 6.57. The average molecular weight is 487 g/mol. The predicted molar refractivity (Wildman–Crippen MR) is 110 cm³/mol. The van der Waals surface area contributed by atoms with Crippen molar-refractivity contribution in [3.8, 4) is 11.5 Å². The van der Waals surface area contributed by atoms with Crippen molar-refractivity contribution in [1.29, 1.82) is 0 Å². The first-order chi connectivity index (χ1) is 11.5. The number of carbonyl (C=O) groups is 1. The molecule has 0 fully saturated rings. The standard InChI is InChI=1S/C17H27IN2O4.ClH/c1-5-22-15-10-13(11-19-7-8-20(3)4)9-14(18)17(15)24-12-16(21)23-6-2;/h9-10,19H,5-8,11-12H2,1-4H3;1H. The van der Waals surface area contributed by atoms with Gasteiger partial charge in [-0.1, -0.05) is 0 Å². The molecule has 0 amide bonds. The van der Waals surface area contributed by atoms with E-state index in [1.807, 2.05) is 33.2 Å². The lowest BCUT2D eigenvalue weighted by atomic mass is 10.2. The van der Waals surface area contributed by atoms with Crippen LogP contribution in [0.4, 0.5) is 0 Å². The first-order valence-electron chi connectivity index (χ1n) is 8.07. The molecule has 0 unspecified atom stereocenters. The SMILES string of the molecule is CCOC(=O)COc1c(I)cc(CNCCN(C)C)cc1OCC.Cl. The van der Waals surface area contributed by atoms with Crippen LogP contribution >= 0.6 is 35.0 Å². The third-order valence-corrected chi connectivity index (χ3v) is 3.88. The fourth-order valence-electron chi connectivity index (χ4n) is 2.00. The average Bonchev–Trinajstić information content (AvgIpc) is 2.51. The third kappa shape index (κ3) is 9.48. The maximum Gasteiger partial charge on any atom is 0.344 e. The van der Waals surface area contributed by atoms with Gasteiger partial charge in [-0.2, -0.15) is 0 Å². The minimum atomic E-state index is -0.384. The molecule has 0 radical (unpaired) electrons. The Morgan fingerprint density at radius 3 is 2.52 bits per heavy atom. The van der Waals surface area contributed by atoms with Gasteiger partial charge in [0.2, 0.25) is 0 Å². The topological polar surface area (TPSA) is 60.0 Å². The summed E-state index contributed by atoms with van der Waals surface area (Å²) in [4.78, 5) is 13.6. The summed E-state index contributed by atoms with van der Waals surface area (Å²) in [7, 11) is 4.10. The summed E-state index contributed by atoms with van der Waals surface area (Å²) >= 11 is 2.20. The lowest BCUT2D eigenvalue weighted by Gasteiger charge is -2.16. The Hall–Kier alpha value is -0.770. The zero-order chi connectivity index (χ0) is 17.9. The molecule has 144 valence electrons. The van der Waals surface area contributed by atoms with Crippen LogP contribution in [-0.2, 0) is 16.1 Å². The molecule has 0 aliphatic rings. The molecule has 0 aromatic heterocycles. The summed E-state index contributed by atoms with van der Waals surface area (Å²) in [5.74, 6) is 0.853. The van der Waals surface area contributed by atoms with Gasteiger partial charge in [-0.25, -0.2) is 4.79 Å². The second-order valence-electron chi connectivity index (χ2n) is 5.41. The van der Waals surface area contributed by atoms with Crippen LogP contribution < -0.4 is 14.8 Å². The number of ether oxygens (including phenoxy) is 3. The van der Waals surface area contributed by atoms with E-state index in [0.717, 1.165) is 28.8 Å². The van der Waals surface area contributed by atoms with E-state index in [-0.39, 0.29) is 25.0 Å². The van der Waals surface area contributed by atoms with Crippen LogP contribution in [0.5, 0.6) is 11.5 Å². The first-order valence-corrected chi connectivity index (χ1v) is 9.14. The van der Waals surface area contributed by atoms with Crippen molar-refractivity contribution < 1.29 is 19.0 Å². The van der Waals surface area contributed by atoms with Crippen molar-refractivity contribution in [1.82, 2.24) is 10.2 Å². The van der Waals surface area contributed by atoms with Gasteiger partial charge < -0.3 is 24.4 Å². The summed E-state index contributed by atoms with van der Waals surface area (Å²) < 4.78 is 17.1. The molecule has 8 heteroatoms. The Morgan fingerprint density at radius 2 is 1.92 bits per heavy atom. The molecule has 0 saturated heterocycles. The number of carbonyl (C=O) groups excluding carboxylic acids is 1. The number of nitrogens with zero attached hydrogens (tertiary/aromatic N) is 1. The van der Waals surface area contributed by atoms with Crippen molar-refractivity contribution in [3.05, 3.63) is 21.3 Å². The monoisotopic (exact) mass is 486 g/mol. The van der Waals surface area contributed by atoms with Crippen LogP contribution in [0.1, 0.15) is 19.4 Å². The molecular weight excluding hydrogens is 459 g/mol. The molecule has 0 heterocycles. The zero-order valence-electron chi connectivity index (χ0n) is 15.3. The summed E-state index contributed by atoms with van der Waals surface area (Å²) in [6.45, 7) is 7.09. The fourth-order valence-corrected chi connectivity index (χ4v) is 2.82. The highest BCUT2D eigenvalue weighted by Crippen LogP contribution is 2.34. The third-order valence-electron chi connectivity index (χ3n) is 3.07. The number of nitrogens with one attached hydrogen (secondary N) is 1. The number of benzene rings is 1. The molecule has 0 saturated carbocycles. The van der Waals surface area contributed by atoms with Crippen LogP contribution in [0.15, 0.2) is 12.1 Å². The minimum Gasteiger partial charge on any atom is -0.490 e. The van der Waals surface area contributed by atoms with E-state index in [4.69, 9.17) is 14.2 Å². The Balaban J connectivity index is 0.00000576. The van der Waals surface area contributed by atoms with Gasteiger partial charge in [-0.05, 0) is 68.2 Å². The van der Waals surface area contributed by atoms with Gasteiger partial charge in [0.15, 0.2) is 18.1 Å². The molecule has 0 bridgehead atoms. The lowest BCUT2D eigenvalue weighted by molar-refractivity contribution is -0.145. The van der Waals surface area contributed by atoms with Gasteiger partial charge in [-0.3, -0.25) is 0 Å². The highest BCUT2D eigenvalue weighted by Gasteiger charge is 2.14. The fraction of sp³-hybridized carbons (Fsp3) is 0.588. The summed E-state index contributed by atoms with van der Waals surface area (Å²) in [6.07, 6.45) is 0. The largest absolute Gasteiger partial charge is 0.490 e. The smallest absolute Gasteiger partial charge is 0.344 e. The molecule has 0 aliphatic heterocycles. The van der Waals surface area contributed by atoms with Gasteiger partial charge in [-0.15, -0.1) is 12.4 Å². The number of hydrogen-bond acceptors (Lipinski definition) is 6. The molecule has 6 nitrogen and oxygen atoms in total. The van der Waals surface area contributed by atoms with E-state index in [0.29, 0.717) is 24.7 Å². The molecule has 1 rings (SSSR count).